The van der Waals surface area contributed by atoms with Crippen LogP contribution in [0.25, 0.3) is 0 Å². The van der Waals surface area contributed by atoms with Crippen molar-refractivity contribution >= 4 is 35.1 Å². The van der Waals surface area contributed by atoms with Crippen LogP contribution in [0.5, 0.6) is 5.75 Å². The van der Waals surface area contributed by atoms with Gasteiger partial charge < -0.3 is 20.3 Å². The lowest BCUT2D eigenvalue weighted by molar-refractivity contribution is -0.885. The van der Waals surface area contributed by atoms with Crippen LogP contribution in [-0.4, -0.2) is 50.6 Å². The van der Waals surface area contributed by atoms with Crippen molar-refractivity contribution in [3.05, 3.63) is 23.2 Å². The first-order valence-corrected chi connectivity index (χ1v) is 10.2. The number of urea groups is 1. The summed E-state index contributed by atoms with van der Waals surface area (Å²) in [4.78, 5) is 37.4. The van der Waals surface area contributed by atoms with Gasteiger partial charge in [0, 0.05) is 11.1 Å². The van der Waals surface area contributed by atoms with E-state index in [0.29, 0.717) is 21.4 Å². The third-order valence-corrected chi connectivity index (χ3v) is 5.42. The van der Waals surface area contributed by atoms with E-state index >= 15 is 0 Å². The normalized spacial score (nSPS) is 16.4. The molecule has 2 rings (SSSR count). The molecule has 1 unspecified atom stereocenters. The number of benzene rings is 1. The lowest BCUT2D eigenvalue weighted by atomic mass is 9.96. The lowest BCUT2D eigenvalue weighted by Gasteiger charge is -2.24. The molecular weight excluding hydrogens is 396 g/mol. The second-order valence-electron chi connectivity index (χ2n) is 7.44. The lowest BCUT2D eigenvalue weighted by Crippen LogP contribution is -3.15. The topological polar surface area (TPSA) is 101 Å². The van der Waals surface area contributed by atoms with Gasteiger partial charge in [-0.2, -0.15) is 0 Å². The van der Waals surface area contributed by atoms with E-state index < -0.39 is 18.0 Å². The Bertz CT molecular complexity index is 737. The third kappa shape index (κ3) is 7.21. The fourth-order valence-corrected chi connectivity index (χ4v) is 3.46. The summed E-state index contributed by atoms with van der Waals surface area (Å²) in [6, 6.07) is 3.98. The maximum Gasteiger partial charge on any atom is 0.321 e. The van der Waals surface area contributed by atoms with Gasteiger partial charge in [0.2, 0.25) is 0 Å². The molecule has 0 bridgehead atoms. The van der Waals surface area contributed by atoms with Crippen LogP contribution in [0.1, 0.15) is 39.0 Å². The number of carbonyl (C=O) groups excluding carboxylic acids is 3. The molecule has 4 amide bonds. The Hall–Kier alpha value is -2.32. The molecule has 0 radical (unpaired) electrons. The van der Waals surface area contributed by atoms with Crippen LogP contribution in [-0.2, 0) is 9.59 Å². The zero-order chi connectivity index (χ0) is 21.4. The quantitative estimate of drug-likeness (QED) is 0.529. The Balaban J connectivity index is 1.83. The minimum Gasteiger partial charge on any atom is -0.495 e. The average Bonchev–Trinajstić information content (AvgIpc) is 2.68. The van der Waals surface area contributed by atoms with Gasteiger partial charge in [-0.1, -0.05) is 30.9 Å². The molecule has 0 aliphatic heterocycles. The first-order valence-electron chi connectivity index (χ1n) is 9.87. The van der Waals surface area contributed by atoms with Gasteiger partial charge in [0.25, 0.3) is 11.8 Å². The summed E-state index contributed by atoms with van der Waals surface area (Å²) in [5.41, 5.74) is 0.460. The summed E-state index contributed by atoms with van der Waals surface area (Å²) in [5.74, 6) is -0.233. The number of quaternary nitrogens is 1. The number of nitrogens with one attached hydrogen (secondary N) is 4. The number of imide groups is 1. The molecule has 1 aromatic rings. The predicted molar refractivity (Wildman–Crippen MR) is 111 cm³/mol. The molecule has 1 aromatic carbocycles. The highest BCUT2D eigenvalue weighted by Crippen LogP contribution is 2.27. The molecule has 0 aromatic heterocycles. The second-order valence-corrected chi connectivity index (χ2v) is 7.87. The van der Waals surface area contributed by atoms with Gasteiger partial charge >= 0.3 is 6.03 Å². The van der Waals surface area contributed by atoms with Gasteiger partial charge in [-0.25, -0.2) is 4.79 Å². The Morgan fingerprint density at radius 3 is 2.59 bits per heavy atom. The van der Waals surface area contributed by atoms with Crippen molar-refractivity contribution < 1.29 is 24.0 Å². The minimum absolute atomic E-state index is 0.0362. The van der Waals surface area contributed by atoms with Crippen molar-refractivity contribution in [2.75, 3.05) is 26.0 Å². The van der Waals surface area contributed by atoms with Crippen molar-refractivity contribution in [3.8, 4) is 5.75 Å². The number of methoxy groups -OCH3 is 1. The molecule has 8 nitrogen and oxygen atoms in total. The maximum absolute atomic E-state index is 12.4. The van der Waals surface area contributed by atoms with Crippen molar-refractivity contribution in [2.24, 2.45) is 0 Å². The molecule has 1 saturated carbocycles. The van der Waals surface area contributed by atoms with Crippen molar-refractivity contribution in [1.82, 2.24) is 10.6 Å². The van der Waals surface area contributed by atoms with Crippen LogP contribution >= 0.6 is 11.6 Å². The number of rotatable bonds is 7. The number of anilines is 1. The SMILES string of the molecule is COc1ccc(Cl)cc1NC(=O)C[NH+](C)[C@H](C)C(=O)NC(=O)NC1CCCCC1. The van der Waals surface area contributed by atoms with Crippen LogP contribution < -0.4 is 25.6 Å². The molecular formula is C20H30ClN4O4+. The van der Waals surface area contributed by atoms with E-state index in [9.17, 15) is 14.4 Å². The molecule has 0 saturated heterocycles. The largest absolute Gasteiger partial charge is 0.495 e. The zero-order valence-corrected chi connectivity index (χ0v) is 17.9. The van der Waals surface area contributed by atoms with E-state index in [1.807, 2.05) is 0 Å². The summed E-state index contributed by atoms with van der Waals surface area (Å²) >= 11 is 5.97. The van der Waals surface area contributed by atoms with E-state index in [1.54, 1.807) is 32.2 Å². The molecule has 4 N–H and O–H groups in total. The monoisotopic (exact) mass is 425 g/mol. The number of hydrogen-bond donors (Lipinski definition) is 4. The first kappa shape index (κ1) is 23.0. The number of halogens is 1. The molecule has 0 spiro atoms. The maximum atomic E-state index is 12.4. The summed E-state index contributed by atoms with van der Waals surface area (Å²) in [7, 11) is 3.22. The molecule has 1 fully saturated rings. The molecule has 1 aliphatic carbocycles. The smallest absolute Gasteiger partial charge is 0.321 e. The Labute approximate surface area is 176 Å². The standard InChI is InChI=1S/C20H29ClN4O4/c1-13(19(27)24-20(28)22-15-7-5-4-6-8-15)25(2)12-18(26)23-16-11-14(21)9-10-17(16)29-3/h9-11,13,15H,4-8,12H2,1-3H3,(H,23,26)(H2,22,24,27,28)/p+1/t13-/m1/s1. The first-order chi connectivity index (χ1) is 13.8. The fraction of sp³-hybridized carbons (Fsp3) is 0.550. The van der Waals surface area contributed by atoms with Gasteiger partial charge in [0.15, 0.2) is 12.6 Å². The number of carbonyl (C=O) groups is 3. The number of ether oxygens (including phenoxy) is 1. The molecule has 0 heterocycles. The Kier molecular flexibility index (Phi) is 8.72. The highest BCUT2D eigenvalue weighted by atomic mass is 35.5. The zero-order valence-electron chi connectivity index (χ0n) is 17.1. The number of hydrogen-bond acceptors (Lipinski definition) is 4. The Morgan fingerprint density at radius 2 is 1.93 bits per heavy atom. The van der Waals surface area contributed by atoms with Gasteiger partial charge in [-0.05, 0) is 38.0 Å². The highest BCUT2D eigenvalue weighted by Gasteiger charge is 2.26. The van der Waals surface area contributed by atoms with Crippen molar-refractivity contribution in [1.29, 1.82) is 0 Å². The van der Waals surface area contributed by atoms with Crippen LogP contribution in [0.4, 0.5) is 10.5 Å². The molecule has 1 aliphatic rings. The third-order valence-electron chi connectivity index (χ3n) is 5.18. The fourth-order valence-electron chi connectivity index (χ4n) is 3.29. The Morgan fingerprint density at radius 1 is 1.24 bits per heavy atom. The van der Waals surface area contributed by atoms with Gasteiger partial charge in [0.05, 0.1) is 19.8 Å². The molecule has 2 atom stereocenters. The van der Waals surface area contributed by atoms with E-state index in [2.05, 4.69) is 16.0 Å². The van der Waals surface area contributed by atoms with Crippen LogP contribution in [0, 0.1) is 0 Å². The number of amides is 4. The van der Waals surface area contributed by atoms with Crippen molar-refractivity contribution in [3.63, 3.8) is 0 Å². The van der Waals surface area contributed by atoms with Gasteiger partial charge in [-0.3, -0.25) is 14.9 Å². The summed E-state index contributed by atoms with van der Waals surface area (Å²) in [6.45, 7) is 1.71. The predicted octanol–water partition coefficient (Wildman–Crippen LogP) is 1.35. The van der Waals surface area contributed by atoms with Gasteiger partial charge in [0.1, 0.15) is 5.75 Å². The van der Waals surface area contributed by atoms with Crippen LogP contribution in [0.15, 0.2) is 18.2 Å². The second kappa shape index (κ2) is 11.0. The van der Waals surface area contributed by atoms with Gasteiger partial charge in [-0.15, -0.1) is 0 Å². The minimum atomic E-state index is -0.584. The van der Waals surface area contributed by atoms with Crippen molar-refractivity contribution in [2.45, 2.75) is 51.1 Å². The summed E-state index contributed by atoms with van der Waals surface area (Å²) in [5, 5.41) is 8.44. The van der Waals surface area contributed by atoms with E-state index in [4.69, 9.17) is 16.3 Å². The highest BCUT2D eigenvalue weighted by molar-refractivity contribution is 6.31. The van der Waals surface area contributed by atoms with Crippen LogP contribution in [0.2, 0.25) is 5.02 Å². The molecule has 9 heteroatoms. The summed E-state index contributed by atoms with van der Waals surface area (Å²) < 4.78 is 5.21. The average molecular weight is 426 g/mol. The number of likely N-dealkylation sites (N-methyl/N-ethyl adjacent to an activating group) is 1. The van der Waals surface area contributed by atoms with E-state index in [0.717, 1.165) is 25.7 Å². The van der Waals surface area contributed by atoms with E-state index in [1.165, 1.54) is 13.5 Å². The molecule has 29 heavy (non-hydrogen) atoms. The van der Waals surface area contributed by atoms with Crippen LogP contribution in [0.3, 0.4) is 0 Å². The summed E-state index contributed by atoms with van der Waals surface area (Å²) in [6.07, 6.45) is 5.25. The van der Waals surface area contributed by atoms with E-state index in [-0.39, 0.29) is 18.5 Å². The molecule has 160 valence electrons.